The molecule has 1 aromatic rings. The lowest BCUT2D eigenvalue weighted by Crippen LogP contribution is -2.34. The van der Waals surface area contributed by atoms with Crippen molar-refractivity contribution in [3.63, 3.8) is 0 Å². The minimum absolute atomic E-state index is 0.00702. The molecule has 0 bridgehead atoms. The van der Waals surface area contributed by atoms with E-state index in [1.54, 1.807) is 19.3 Å². The second kappa shape index (κ2) is 4.90. The van der Waals surface area contributed by atoms with E-state index in [0.717, 1.165) is 0 Å². The molecule has 6 nitrogen and oxygen atoms in total. The molecule has 1 aromatic heterocycles. The van der Waals surface area contributed by atoms with Gasteiger partial charge in [-0.25, -0.2) is 0 Å². The van der Waals surface area contributed by atoms with Crippen LogP contribution >= 0.6 is 0 Å². The zero-order valence-electron chi connectivity index (χ0n) is 8.71. The number of aromatic nitrogens is 2. The van der Waals surface area contributed by atoms with Crippen LogP contribution in [0.3, 0.4) is 0 Å². The van der Waals surface area contributed by atoms with E-state index in [1.165, 1.54) is 11.6 Å². The highest BCUT2D eigenvalue weighted by Crippen LogP contribution is 2.13. The van der Waals surface area contributed by atoms with Gasteiger partial charge in [0.05, 0.1) is 5.69 Å². The standard InChI is InChI=1S/C9H15N3O3/c1-6(13)10-5-8(14)9(15)7-3-4-12(2)11-7/h3-4,8-9,14-15H,5H2,1-2H3,(H,10,13). The molecule has 15 heavy (non-hydrogen) atoms. The molecule has 0 spiro atoms. The minimum Gasteiger partial charge on any atom is -0.388 e. The summed E-state index contributed by atoms with van der Waals surface area (Å²) in [4.78, 5) is 10.6. The second-order valence-electron chi connectivity index (χ2n) is 3.36. The molecule has 1 rings (SSSR count). The Morgan fingerprint density at radius 3 is 2.80 bits per heavy atom. The summed E-state index contributed by atoms with van der Waals surface area (Å²) < 4.78 is 1.53. The Balaban J connectivity index is 2.52. The van der Waals surface area contributed by atoms with Crippen molar-refractivity contribution in [1.29, 1.82) is 0 Å². The van der Waals surface area contributed by atoms with E-state index in [-0.39, 0.29) is 12.5 Å². The van der Waals surface area contributed by atoms with Crippen molar-refractivity contribution in [2.24, 2.45) is 7.05 Å². The number of hydrogen-bond acceptors (Lipinski definition) is 4. The molecule has 6 heteroatoms. The van der Waals surface area contributed by atoms with Crippen molar-refractivity contribution < 1.29 is 15.0 Å². The Kier molecular flexibility index (Phi) is 3.81. The molecule has 0 saturated heterocycles. The third-order valence-corrected chi connectivity index (χ3v) is 1.96. The molecule has 2 atom stereocenters. The SMILES string of the molecule is CC(=O)NCC(O)C(O)c1ccn(C)n1. The number of carbonyl (C=O) groups is 1. The van der Waals surface area contributed by atoms with Crippen molar-refractivity contribution in [1.82, 2.24) is 15.1 Å². The fraction of sp³-hybridized carbons (Fsp3) is 0.556. The van der Waals surface area contributed by atoms with Gasteiger partial charge < -0.3 is 15.5 Å². The van der Waals surface area contributed by atoms with Crippen molar-refractivity contribution in [3.05, 3.63) is 18.0 Å². The van der Waals surface area contributed by atoms with Crippen LogP contribution in [-0.2, 0) is 11.8 Å². The molecule has 0 radical (unpaired) electrons. The highest BCUT2D eigenvalue weighted by atomic mass is 16.3. The van der Waals surface area contributed by atoms with Crippen molar-refractivity contribution in [2.45, 2.75) is 19.1 Å². The molecule has 0 aliphatic heterocycles. The van der Waals surface area contributed by atoms with Gasteiger partial charge >= 0.3 is 0 Å². The van der Waals surface area contributed by atoms with E-state index >= 15 is 0 Å². The van der Waals surface area contributed by atoms with Gasteiger partial charge in [-0.05, 0) is 6.07 Å². The Morgan fingerprint density at radius 1 is 1.67 bits per heavy atom. The van der Waals surface area contributed by atoms with Gasteiger partial charge in [0, 0.05) is 26.7 Å². The summed E-state index contributed by atoms with van der Waals surface area (Å²) in [5.74, 6) is -0.248. The summed E-state index contributed by atoms with van der Waals surface area (Å²) in [6, 6.07) is 1.61. The summed E-state index contributed by atoms with van der Waals surface area (Å²) in [6.07, 6.45) is -0.467. The molecule has 1 amide bonds. The van der Waals surface area contributed by atoms with Crippen LogP contribution in [0.25, 0.3) is 0 Å². The first-order chi connectivity index (χ1) is 7.00. The van der Waals surface area contributed by atoms with Crippen LogP contribution in [0.5, 0.6) is 0 Å². The molecule has 0 aromatic carbocycles. The number of aliphatic hydroxyl groups is 2. The molecule has 2 unspecified atom stereocenters. The quantitative estimate of drug-likeness (QED) is 0.595. The lowest BCUT2D eigenvalue weighted by Gasteiger charge is -2.15. The van der Waals surface area contributed by atoms with Crippen molar-refractivity contribution in [3.8, 4) is 0 Å². The first kappa shape index (κ1) is 11.7. The molecule has 0 fully saturated rings. The monoisotopic (exact) mass is 213 g/mol. The second-order valence-corrected chi connectivity index (χ2v) is 3.36. The van der Waals surface area contributed by atoms with E-state index in [2.05, 4.69) is 10.4 Å². The van der Waals surface area contributed by atoms with E-state index in [9.17, 15) is 15.0 Å². The van der Waals surface area contributed by atoms with Crippen LogP contribution < -0.4 is 5.32 Å². The summed E-state index contributed by atoms with van der Waals surface area (Å²) >= 11 is 0. The summed E-state index contributed by atoms with van der Waals surface area (Å²) in [7, 11) is 1.72. The van der Waals surface area contributed by atoms with Gasteiger partial charge in [-0.2, -0.15) is 5.10 Å². The van der Waals surface area contributed by atoms with Gasteiger partial charge in [-0.15, -0.1) is 0 Å². The molecular weight excluding hydrogens is 198 g/mol. The number of hydrogen-bond donors (Lipinski definition) is 3. The van der Waals surface area contributed by atoms with Gasteiger partial charge in [0.1, 0.15) is 12.2 Å². The third-order valence-electron chi connectivity index (χ3n) is 1.96. The Morgan fingerprint density at radius 2 is 2.33 bits per heavy atom. The fourth-order valence-electron chi connectivity index (χ4n) is 1.15. The third kappa shape index (κ3) is 3.34. The number of carbonyl (C=O) groups excluding carboxylic acids is 1. The molecule has 0 aliphatic carbocycles. The highest BCUT2D eigenvalue weighted by molar-refractivity contribution is 5.72. The van der Waals surface area contributed by atoms with Crippen LogP contribution in [0.4, 0.5) is 0 Å². The number of aryl methyl sites for hydroxylation is 1. The first-order valence-corrected chi connectivity index (χ1v) is 4.61. The average Bonchev–Trinajstić information content (AvgIpc) is 2.60. The maximum atomic E-state index is 10.6. The number of amides is 1. The van der Waals surface area contributed by atoms with E-state index in [0.29, 0.717) is 5.69 Å². The smallest absolute Gasteiger partial charge is 0.216 e. The molecule has 3 N–H and O–H groups in total. The maximum Gasteiger partial charge on any atom is 0.216 e. The number of nitrogens with zero attached hydrogens (tertiary/aromatic N) is 2. The first-order valence-electron chi connectivity index (χ1n) is 4.61. The highest BCUT2D eigenvalue weighted by Gasteiger charge is 2.20. The van der Waals surface area contributed by atoms with E-state index in [4.69, 9.17) is 0 Å². The molecule has 84 valence electrons. The van der Waals surface area contributed by atoms with E-state index < -0.39 is 12.2 Å². The van der Waals surface area contributed by atoms with Crippen LogP contribution in [0.15, 0.2) is 12.3 Å². The van der Waals surface area contributed by atoms with Crippen LogP contribution in [0.2, 0.25) is 0 Å². The number of rotatable bonds is 4. The van der Waals surface area contributed by atoms with Crippen molar-refractivity contribution >= 4 is 5.91 Å². The Hall–Kier alpha value is -1.40. The van der Waals surface area contributed by atoms with Gasteiger partial charge in [0.2, 0.25) is 5.91 Å². The predicted molar refractivity (Wildman–Crippen MR) is 52.9 cm³/mol. The zero-order valence-corrected chi connectivity index (χ0v) is 8.71. The Bertz CT molecular complexity index is 337. The van der Waals surface area contributed by atoms with Gasteiger partial charge in [0.15, 0.2) is 0 Å². The summed E-state index contributed by atoms with van der Waals surface area (Å²) in [5, 5.41) is 25.5. The van der Waals surface area contributed by atoms with Crippen LogP contribution in [0, 0.1) is 0 Å². The molecule has 0 saturated carbocycles. The van der Waals surface area contributed by atoms with Crippen LogP contribution in [-0.4, -0.2) is 38.5 Å². The predicted octanol–water partition coefficient (Wildman–Crippen LogP) is -1.05. The summed E-state index contributed by atoms with van der Waals surface area (Å²) in [6.45, 7) is 1.35. The minimum atomic E-state index is -1.09. The average molecular weight is 213 g/mol. The molecular formula is C9H15N3O3. The Labute approximate surface area is 87.5 Å². The maximum absolute atomic E-state index is 10.6. The molecule has 1 heterocycles. The largest absolute Gasteiger partial charge is 0.388 e. The van der Waals surface area contributed by atoms with Crippen LogP contribution in [0.1, 0.15) is 18.7 Å². The topological polar surface area (TPSA) is 87.4 Å². The van der Waals surface area contributed by atoms with Gasteiger partial charge in [0.25, 0.3) is 0 Å². The zero-order chi connectivity index (χ0) is 11.4. The number of nitrogens with one attached hydrogen (secondary N) is 1. The normalized spacial score (nSPS) is 14.7. The van der Waals surface area contributed by atoms with E-state index in [1.807, 2.05) is 0 Å². The number of aliphatic hydroxyl groups excluding tert-OH is 2. The lowest BCUT2D eigenvalue weighted by molar-refractivity contribution is -0.119. The molecule has 0 aliphatic rings. The van der Waals surface area contributed by atoms with Gasteiger partial charge in [-0.3, -0.25) is 9.48 Å². The lowest BCUT2D eigenvalue weighted by atomic mass is 10.1. The fourth-order valence-corrected chi connectivity index (χ4v) is 1.15. The van der Waals surface area contributed by atoms with Gasteiger partial charge in [-0.1, -0.05) is 0 Å². The summed E-state index contributed by atoms with van der Waals surface area (Å²) in [5.41, 5.74) is 0.385. The van der Waals surface area contributed by atoms with Crippen molar-refractivity contribution in [2.75, 3.05) is 6.54 Å².